The molecule has 3 rings (SSSR count). The fourth-order valence-electron chi connectivity index (χ4n) is 2.85. The topological polar surface area (TPSA) is 67.2 Å². The lowest BCUT2D eigenvalue weighted by Gasteiger charge is -2.33. The molecule has 0 unspecified atom stereocenters. The largest absolute Gasteiger partial charge is 0.290 e. The van der Waals surface area contributed by atoms with E-state index in [4.69, 9.17) is 0 Å². The summed E-state index contributed by atoms with van der Waals surface area (Å²) in [5.41, 5.74) is 1.13. The minimum atomic E-state index is -3.19. The molecule has 6 nitrogen and oxygen atoms in total. The van der Waals surface area contributed by atoms with Gasteiger partial charge in [0.05, 0.1) is 17.5 Å². The Bertz CT molecular complexity index is 766. The van der Waals surface area contributed by atoms with Crippen LogP contribution in [0.15, 0.2) is 24.4 Å². The lowest BCUT2D eigenvalue weighted by molar-refractivity contribution is 0.169. The van der Waals surface area contributed by atoms with Crippen molar-refractivity contribution >= 4 is 21.4 Å². The molecular weight excluding hydrogens is 332 g/mol. The number of rotatable bonds is 6. The summed E-state index contributed by atoms with van der Waals surface area (Å²) in [5.74, 6) is 0.101. The van der Waals surface area contributed by atoms with Crippen LogP contribution in [0.4, 0.5) is 0 Å². The third-order valence-corrected chi connectivity index (χ3v) is 6.40. The Hall–Kier alpha value is -1.22. The molecule has 23 heavy (non-hydrogen) atoms. The average Bonchev–Trinajstić information content (AvgIpc) is 3.14. The lowest BCUT2D eigenvalue weighted by Crippen LogP contribution is -2.42. The van der Waals surface area contributed by atoms with E-state index >= 15 is 0 Å². The van der Waals surface area contributed by atoms with Gasteiger partial charge in [-0.25, -0.2) is 13.1 Å². The first-order chi connectivity index (χ1) is 11.0. The maximum Gasteiger partial charge on any atom is 0.211 e. The number of nitrogens with one attached hydrogen (secondary N) is 1. The van der Waals surface area contributed by atoms with E-state index in [1.165, 1.54) is 9.75 Å². The molecular formula is C15H22N4O2S2. The third kappa shape index (κ3) is 4.00. The number of fused-ring (bicyclic) bond motifs is 1. The molecule has 1 N–H and O–H groups in total. The van der Waals surface area contributed by atoms with Crippen LogP contribution < -0.4 is 4.72 Å². The molecule has 0 spiro atoms. The monoisotopic (exact) mass is 354 g/mol. The number of hydrogen-bond acceptors (Lipinski definition) is 5. The first-order valence-corrected chi connectivity index (χ1v) is 10.2. The van der Waals surface area contributed by atoms with Crippen LogP contribution in [-0.4, -0.2) is 41.9 Å². The Morgan fingerprint density at radius 1 is 1.39 bits per heavy atom. The summed E-state index contributed by atoms with van der Waals surface area (Å²) in [6.07, 6.45) is 1.79. The van der Waals surface area contributed by atoms with Gasteiger partial charge in [-0.05, 0) is 32.0 Å². The van der Waals surface area contributed by atoms with Crippen molar-refractivity contribution < 1.29 is 8.42 Å². The quantitative estimate of drug-likeness (QED) is 0.858. The highest BCUT2D eigenvalue weighted by atomic mass is 32.2. The molecule has 0 aliphatic carbocycles. The van der Waals surface area contributed by atoms with Crippen molar-refractivity contribution in [3.63, 3.8) is 0 Å². The number of nitrogens with zero attached hydrogens (tertiary/aromatic N) is 3. The first-order valence-electron chi connectivity index (χ1n) is 7.74. The highest BCUT2D eigenvalue weighted by molar-refractivity contribution is 7.89. The van der Waals surface area contributed by atoms with Gasteiger partial charge >= 0.3 is 0 Å². The molecule has 8 heteroatoms. The van der Waals surface area contributed by atoms with Gasteiger partial charge in [-0.1, -0.05) is 0 Å². The minimum Gasteiger partial charge on any atom is -0.290 e. The zero-order valence-corrected chi connectivity index (χ0v) is 15.0. The Labute approximate surface area is 141 Å². The Morgan fingerprint density at radius 2 is 2.22 bits per heavy atom. The molecule has 0 fully saturated rings. The van der Waals surface area contributed by atoms with Gasteiger partial charge in [-0.15, -0.1) is 11.3 Å². The van der Waals surface area contributed by atoms with E-state index in [0.717, 1.165) is 25.3 Å². The molecule has 2 aromatic rings. The molecule has 0 aromatic carbocycles. The maximum atomic E-state index is 11.7. The smallest absolute Gasteiger partial charge is 0.211 e. The zero-order valence-electron chi connectivity index (χ0n) is 13.4. The molecule has 0 saturated carbocycles. The second kappa shape index (κ2) is 6.72. The van der Waals surface area contributed by atoms with Crippen molar-refractivity contribution in [1.29, 1.82) is 0 Å². The number of hydrogen-bond donors (Lipinski definition) is 1. The van der Waals surface area contributed by atoms with Gasteiger partial charge in [0.25, 0.3) is 0 Å². The predicted molar refractivity (Wildman–Crippen MR) is 91.9 cm³/mol. The summed E-state index contributed by atoms with van der Waals surface area (Å²) in [4.78, 5) is 5.00. The van der Waals surface area contributed by atoms with Crippen molar-refractivity contribution in [2.24, 2.45) is 0 Å². The van der Waals surface area contributed by atoms with Gasteiger partial charge in [0.2, 0.25) is 10.0 Å². The van der Waals surface area contributed by atoms with E-state index in [2.05, 4.69) is 33.8 Å². The summed E-state index contributed by atoms with van der Waals surface area (Å²) >= 11 is 1.81. The highest BCUT2D eigenvalue weighted by Gasteiger charge is 2.26. The van der Waals surface area contributed by atoms with Gasteiger partial charge in [0.1, 0.15) is 0 Å². The number of thiophene rings is 1. The molecule has 0 amide bonds. The van der Waals surface area contributed by atoms with Crippen LogP contribution in [0, 0.1) is 6.92 Å². The second-order valence-electron chi connectivity index (χ2n) is 5.85. The lowest BCUT2D eigenvalue weighted by atomic mass is 10.2. The van der Waals surface area contributed by atoms with E-state index in [1.54, 1.807) is 13.1 Å². The van der Waals surface area contributed by atoms with Crippen molar-refractivity contribution in [3.05, 3.63) is 39.8 Å². The molecule has 3 heterocycles. The van der Waals surface area contributed by atoms with E-state index in [9.17, 15) is 8.42 Å². The van der Waals surface area contributed by atoms with Crippen molar-refractivity contribution in [2.75, 3.05) is 18.8 Å². The molecule has 1 aliphatic heterocycles. The predicted octanol–water partition coefficient (Wildman–Crippen LogP) is 1.75. The molecule has 2 aromatic heterocycles. The van der Waals surface area contributed by atoms with Crippen LogP contribution in [0.1, 0.15) is 28.4 Å². The minimum absolute atomic E-state index is 0.0242. The molecule has 1 aliphatic rings. The third-order valence-electron chi connectivity index (χ3n) is 4.05. The van der Waals surface area contributed by atoms with E-state index < -0.39 is 10.0 Å². The second-order valence-corrected chi connectivity index (χ2v) is 9.32. The molecule has 0 saturated heterocycles. The van der Waals surface area contributed by atoms with Crippen LogP contribution in [0.25, 0.3) is 0 Å². The van der Waals surface area contributed by atoms with Crippen LogP contribution in [0.2, 0.25) is 0 Å². The maximum absolute atomic E-state index is 11.7. The van der Waals surface area contributed by atoms with Crippen LogP contribution in [0.5, 0.6) is 0 Å². The van der Waals surface area contributed by atoms with Gasteiger partial charge in [0.15, 0.2) is 0 Å². The SMILES string of the molecule is CCS(=O)(=O)NC[C@H]1CN(Cc2ccc(C)s2)Cc2ccnn21. The normalized spacial score (nSPS) is 19.0. The highest BCUT2D eigenvalue weighted by Crippen LogP contribution is 2.24. The van der Waals surface area contributed by atoms with Crippen LogP contribution in [-0.2, 0) is 23.1 Å². The van der Waals surface area contributed by atoms with Crippen molar-refractivity contribution in [2.45, 2.75) is 33.0 Å². The van der Waals surface area contributed by atoms with Gasteiger partial charge < -0.3 is 0 Å². The van der Waals surface area contributed by atoms with Crippen LogP contribution >= 0.6 is 11.3 Å². The Balaban J connectivity index is 1.72. The van der Waals surface area contributed by atoms with Crippen molar-refractivity contribution in [1.82, 2.24) is 19.4 Å². The van der Waals surface area contributed by atoms with Gasteiger partial charge in [-0.3, -0.25) is 9.58 Å². The standard InChI is InChI=1S/C15H22N4O2S2/c1-3-23(20,21)17-8-14-10-18(9-13-6-7-16-19(13)14)11-15-5-4-12(2)22-15/h4-7,14,17H,3,8-11H2,1-2H3/t14-/m0/s1. The number of aryl methyl sites for hydroxylation is 1. The molecule has 126 valence electrons. The van der Waals surface area contributed by atoms with Gasteiger partial charge in [-0.2, -0.15) is 5.10 Å². The first kappa shape index (κ1) is 16.6. The summed E-state index contributed by atoms with van der Waals surface area (Å²) < 4.78 is 28.1. The van der Waals surface area contributed by atoms with Crippen molar-refractivity contribution in [3.8, 4) is 0 Å². The van der Waals surface area contributed by atoms with Gasteiger partial charge in [0, 0.05) is 42.1 Å². The summed E-state index contributed by atoms with van der Waals surface area (Å²) in [5, 5.41) is 4.37. The number of sulfonamides is 1. The summed E-state index contributed by atoms with van der Waals surface area (Å²) in [6, 6.07) is 6.34. The van der Waals surface area contributed by atoms with E-state index in [0.29, 0.717) is 6.54 Å². The van der Waals surface area contributed by atoms with E-state index in [1.807, 2.05) is 22.1 Å². The summed E-state index contributed by atoms with van der Waals surface area (Å²) in [6.45, 7) is 6.66. The van der Waals surface area contributed by atoms with Crippen LogP contribution in [0.3, 0.4) is 0 Å². The van der Waals surface area contributed by atoms with E-state index in [-0.39, 0.29) is 11.8 Å². The fraction of sp³-hybridized carbons (Fsp3) is 0.533. The molecule has 1 atom stereocenters. The Morgan fingerprint density at radius 3 is 2.91 bits per heavy atom. The zero-order chi connectivity index (χ0) is 16.4. The Kier molecular flexibility index (Phi) is 4.86. The number of aromatic nitrogens is 2. The molecule has 0 bridgehead atoms. The molecule has 0 radical (unpaired) electrons. The summed E-state index contributed by atoms with van der Waals surface area (Å²) in [7, 11) is -3.19. The fourth-order valence-corrected chi connectivity index (χ4v) is 4.44. The average molecular weight is 355 g/mol.